The van der Waals surface area contributed by atoms with Gasteiger partial charge in [0.15, 0.2) is 0 Å². The Bertz CT molecular complexity index is 326. The summed E-state index contributed by atoms with van der Waals surface area (Å²) >= 11 is 0. The molecule has 1 aromatic carbocycles. The maximum Gasteiger partial charge on any atom is 0.338 e. The average molecular weight is 238 g/mol. The van der Waals surface area contributed by atoms with Gasteiger partial charge < -0.3 is 16.6 Å². The highest BCUT2D eigenvalue weighted by Crippen LogP contribution is 2.20. The molecule has 0 unspecified atom stereocenters. The highest BCUT2D eigenvalue weighted by Gasteiger charge is 2.29. The average Bonchev–Trinajstić information content (AvgIpc) is 2.37. The van der Waals surface area contributed by atoms with Gasteiger partial charge in [-0.15, -0.1) is 0 Å². The van der Waals surface area contributed by atoms with Gasteiger partial charge in [0.25, 0.3) is 0 Å². The fourth-order valence-corrected chi connectivity index (χ4v) is 1.55. The number of hydrogen-bond acceptors (Lipinski definition) is 4. The first-order chi connectivity index (χ1) is 7.67. The van der Waals surface area contributed by atoms with Gasteiger partial charge in [-0.1, -0.05) is 32.0 Å². The molecule has 0 saturated heterocycles. The summed E-state index contributed by atoms with van der Waals surface area (Å²) in [5, 5.41) is 0. The van der Waals surface area contributed by atoms with Crippen molar-refractivity contribution >= 4 is 5.97 Å². The first-order valence-electron chi connectivity index (χ1n) is 5.66. The van der Waals surface area contributed by atoms with Gasteiger partial charge in [0.2, 0.25) is 0 Å². The number of nitrogens with two attached hydrogens (primary N) is 1. The van der Waals surface area contributed by atoms with Gasteiger partial charge in [-0.05, 0) is 25.0 Å². The van der Waals surface area contributed by atoms with E-state index >= 15 is 0 Å². The quantitative estimate of drug-likeness (QED) is 0.771. The number of ether oxygens (including phenoxy) is 1. The van der Waals surface area contributed by atoms with Crippen LogP contribution in [0, 0.1) is 0 Å². The minimum atomic E-state index is -0.521. The van der Waals surface area contributed by atoms with E-state index in [0.29, 0.717) is 12.1 Å². The van der Waals surface area contributed by atoms with Gasteiger partial charge in [0.1, 0.15) is 5.60 Å². The molecule has 4 nitrogen and oxygen atoms in total. The lowest BCUT2D eigenvalue weighted by atomic mass is 9.97. The summed E-state index contributed by atoms with van der Waals surface area (Å²) in [7, 11) is 0. The molecule has 0 heterocycles. The number of benzene rings is 1. The molecule has 5 N–H and O–H groups in total. The van der Waals surface area contributed by atoms with Crippen LogP contribution in [0.5, 0.6) is 0 Å². The van der Waals surface area contributed by atoms with Gasteiger partial charge in [0, 0.05) is 6.54 Å². The van der Waals surface area contributed by atoms with Gasteiger partial charge in [-0.25, -0.2) is 4.79 Å². The van der Waals surface area contributed by atoms with E-state index in [1.165, 1.54) is 0 Å². The van der Waals surface area contributed by atoms with Crippen LogP contribution in [0.4, 0.5) is 0 Å². The summed E-state index contributed by atoms with van der Waals surface area (Å²) in [6.07, 6.45) is 1.47. The lowest BCUT2D eigenvalue weighted by Crippen LogP contribution is -2.41. The van der Waals surface area contributed by atoms with Crippen LogP contribution >= 0.6 is 0 Å². The molecule has 1 aromatic rings. The summed E-state index contributed by atoms with van der Waals surface area (Å²) in [5.41, 5.74) is 5.73. The zero-order valence-electron chi connectivity index (χ0n) is 10.6. The minimum Gasteiger partial charge on any atom is -0.454 e. The van der Waals surface area contributed by atoms with E-state index in [-0.39, 0.29) is 12.1 Å². The van der Waals surface area contributed by atoms with Crippen molar-refractivity contribution in [3.05, 3.63) is 35.9 Å². The Labute approximate surface area is 103 Å². The van der Waals surface area contributed by atoms with Crippen LogP contribution < -0.4 is 11.9 Å². The zero-order valence-corrected chi connectivity index (χ0v) is 10.6. The van der Waals surface area contributed by atoms with Crippen molar-refractivity contribution in [3.8, 4) is 0 Å². The molecule has 0 fully saturated rings. The molecule has 0 aliphatic carbocycles. The van der Waals surface area contributed by atoms with Crippen LogP contribution in [-0.4, -0.2) is 18.1 Å². The third-order valence-corrected chi connectivity index (χ3v) is 2.98. The molecule has 0 atom stereocenters. The number of hydrogen-bond donors (Lipinski definition) is 2. The monoisotopic (exact) mass is 238 g/mol. The van der Waals surface area contributed by atoms with E-state index in [9.17, 15) is 4.79 Å². The highest BCUT2D eigenvalue weighted by molar-refractivity contribution is 5.89. The molecule has 0 spiro atoms. The first kappa shape index (κ1) is 15.6. The lowest BCUT2D eigenvalue weighted by molar-refractivity contribution is -0.0181. The van der Waals surface area contributed by atoms with Crippen molar-refractivity contribution in [1.82, 2.24) is 6.15 Å². The molecule has 0 radical (unpaired) electrons. The SMILES string of the molecule is CCC(CC)(CN)OC(=O)c1ccccc1.N. The van der Waals surface area contributed by atoms with Crippen LogP contribution in [0.1, 0.15) is 37.0 Å². The Kier molecular flexibility index (Phi) is 6.46. The van der Waals surface area contributed by atoms with Crippen LogP contribution in [0.25, 0.3) is 0 Å². The number of carbonyl (C=O) groups excluding carboxylic acids is 1. The van der Waals surface area contributed by atoms with Gasteiger partial charge in [-0.2, -0.15) is 0 Å². The molecule has 0 aliphatic heterocycles. The van der Waals surface area contributed by atoms with Crippen molar-refractivity contribution in [2.45, 2.75) is 32.3 Å². The molecule has 0 aliphatic rings. The molecular weight excluding hydrogens is 216 g/mol. The second kappa shape index (κ2) is 7.04. The summed E-state index contributed by atoms with van der Waals surface area (Å²) in [6, 6.07) is 8.99. The molecule has 1 rings (SSSR count). The van der Waals surface area contributed by atoms with Crippen LogP contribution in [0.15, 0.2) is 30.3 Å². The second-order valence-electron chi connectivity index (χ2n) is 3.85. The van der Waals surface area contributed by atoms with Crippen molar-refractivity contribution in [3.63, 3.8) is 0 Å². The van der Waals surface area contributed by atoms with E-state index in [4.69, 9.17) is 10.5 Å². The predicted octanol–water partition coefficient (Wildman–Crippen LogP) is 2.52. The van der Waals surface area contributed by atoms with Crippen LogP contribution in [0.2, 0.25) is 0 Å². The Hall–Kier alpha value is -1.39. The molecule has 96 valence electrons. The highest BCUT2D eigenvalue weighted by atomic mass is 16.6. The standard InChI is InChI=1S/C13H19NO2.H3N/c1-3-13(4-2,10-14)16-12(15)11-8-6-5-7-9-11;/h5-9H,3-4,10,14H2,1-2H3;1H3. The van der Waals surface area contributed by atoms with E-state index in [0.717, 1.165) is 12.8 Å². The second-order valence-corrected chi connectivity index (χ2v) is 3.85. The van der Waals surface area contributed by atoms with Crippen molar-refractivity contribution in [2.75, 3.05) is 6.54 Å². The molecular formula is C13H22N2O2. The van der Waals surface area contributed by atoms with Crippen molar-refractivity contribution < 1.29 is 9.53 Å². The van der Waals surface area contributed by atoms with Gasteiger partial charge >= 0.3 is 5.97 Å². The maximum absolute atomic E-state index is 11.9. The van der Waals surface area contributed by atoms with E-state index in [2.05, 4.69) is 0 Å². The predicted molar refractivity (Wildman–Crippen MR) is 69.2 cm³/mol. The first-order valence-corrected chi connectivity index (χ1v) is 5.66. The lowest BCUT2D eigenvalue weighted by Gasteiger charge is -2.30. The molecule has 0 saturated carbocycles. The smallest absolute Gasteiger partial charge is 0.338 e. The number of rotatable bonds is 5. The molecule has 4 heteroatoms. The molecule has 0 aromatic heterocycles. The van der Waals surface area contributed by atoms with E-state index < -0.39 is 5.60 Å². The summed E-state index contributed by atoms with van der Waals surface area (Å²) in [6.45, 7) is 4.32. The minimum absolute atomic E-state index is 0. The normalized spacial score (nSPS) is 10.5. The summed E-state index contributed by atoms with van der Waals surface area (Å²) in [4.78, 5) is 11.9. The Balaban J connectivity index is 0.00000256. The third-order valence-electron chi connectivity index (χ3n) is 2.98. The summed E-state index contributed by atoms with van der Waals surface area (Å²) in [5.74, 6) is -0.297. The largest absolute Gasteiger partial charge is 0.454 e. The molecule has 0 bridgehead atoms. The van der Waals surface area contributed by atoms with Crippen molar-refractivity contribution in [1.29, 1.82) is 0 Å². The number of esters is 1. The van der Waals surface area contributed by atoms with Crippen LogP contribution in [0.3, 0.4) is 0 Å². The topological polar surface area (TPSA) is 87.3 Å². The Morgan fingerprint density at radius 2 is 1.76 bits per heavy atom. The van der Waals surface area contributed by atoms with Crippen LogP contribution in [-0.2, 0) is 4.74 Å². The van der Waals surface area contributed by atoms with E-state index in [1.54, 1.807) is 12.1 Å². The third kappa shape index (κ3) is 3.84. The maximum atomic E-state index is 11.9. The Morgan fingerprint density at radius 3 is 2.18 bits per heavy atom. The number of carbonyl (C=O) groups is 1. The fourth-order valence-electron chi connectivity index (χ4n) is 1.55. The van der Waals surface area contributed by atoms with Gasteiger partial charge in [-0.3, -0.25) is 0 Å². The molecule has 0 amide bonds. The van der Waals surface area contributed by atoms with Gasteiger partial charge in [0.05, 0.1) is 5.56 Å². The fraction of sp³-hybridized carbons (Fsp3) is 0.462. The van der Waals surface area contributed by atoms with E-state index in [1.807, 2.05) is 32.0 Å². The van der Waals surface area contributed by atoms with Crippen molar-refractivity contribution in [2.24, 2.45) is 5.73 Å². The Morgan fingerprint density at radius 1 is 1.24 bits per heavy atom. The molecule has 17 heavy (non-hydrogen) atoms. The summed E-state index contributed by atoms with van der Waals surface area (Å²) < 4.78 is 5.51. The zero-order chi connectivity index (χ0) is 12.0.